The summed E-state index contributed by atoms with van der Waals surface area (Å²) < 4.78 is 1.93. The second kappa shape index (κ2) is 9.38. The third kappa shape index (κ3) is 5.31. The van der Waals surface area contributed by atoms with Gasteiger partial charge in [-0.25, -0.2) is 4.68 Å². The zero-order chi connectivity index (χ0) is 17.4. The van der Waals surface area contributed by atoms with Crippen molar-refractivity contribution in [3.05, 3.63) is 41.1 Å². The summed E-state index contributed by atoms with van der Waals surface area (Å²) in [6, 6.07) is 7.63. The molecule has 128 valence electrons. The molecule has 1 heterocycles. The van der Waals surface area contributed by atoms with E-state index in [0.717, 1.165) is 24.2 Å². The molecule has 0 radical (unpaired) electrons. The third-order valence-corrected chi connectivity index (χ3v) is 4.08. The van der Waals surface area contributed by atoms with E-state index in [1.54, 1.807) is 6.08 Å². The Morgan fingerprint density at radius 3 is 2.54 bits per heavy atom. The van der Waals surface area contributed by atoms with Crippen molar-refractivity contribution in [2.24, 2.45) is 0 Å². The highest BCUT2D eigenvalue weighted by atomic mass is 35.5. The predicted molar refractivity (Wildman–Crippen MR) is 98.9 cm³/mol. The lowest BCUT2D eigenvalue weighted by Crippen LogP contribution is -2.03. The van der Waals surface area contributed by atoms with Crippen LogP contribution in [0, 0.1) is 0 Å². The molecule has 0 saturated heterocycles. The first kappa shape index (κ1) is 18.4. The maximum Gasteiger partial charge on any atom is 0.152 e. The summed E-state index contributed by atoms with van der Waals surface area (Å²) in [4.78, 5) is 11.2. The van der Waals surface area contributed by atoms with E-state index >= 15 is 0 Å². The van der Waals surface area contributed by atoms with Crippen LogP contribution in [0.5, 0.6) is 0 Å². The molecule has 1 aromatic carbocycles. The van der Waals surface area contributed by atoms with Gasteiger partial charge in [-0.15, -0.1) is 5.10 Å². The predicted octanol–water partition coefficient (Wildman–Crippen LogP) is 5.17. The molecule has 0 fully saturated rings. The lowest BCUT2D eigenvalue weighted by atomic mass is 10.1. The maximum atomic E-state index is 11.2. The van der Waals surface area contributed by atoms with Gasteiger partial charge in [0.05, 0.1) is 5.69 Å². The van der Waals surface area contributed by atoms with Crippen LogP contribution in [0.3, 0.4) is 0 Å². The van der Waals surface area contributed by atoms with Gasteiger partial charge in [0, 0.05) is 17.1 Å². The summed E-state index contributed by atoms with van der Waals surface area (Å²) in [7, 11) is 0. The molecule has 0 saturated carbocycles. The molecule has 0 aliphatic rings. The van der Waals surface area contributed by atoms with Gasteiger partial charge in [0.15, 0.2) is 5.78 Å². The Balaban J connectivity index is 2.23. The lowest BCUT2D eigenvalue weighted by Gasteiger charge is -2.08. The van der Waals surface area contributed by atoms with Crippen LogP contribution in [0.2, 0.25) is 5.02 Å². The monoisotopic (exact) mass is 345 g/mol. The fourth-order valence-corrected chi connectivity index (χ4v) is 2.69. The molecular formula is C19H24ClN3O. The van der Waals surface area contributed by atoms with Crippen molar-refractivity contribution in [2.75, 3.05) is 0 Å². The van der Waals surface area contributed by atoms with E-state index in [2.05, 4.69) is 17.2 Å². The smallest absolute Gasteiger partial charge is 0.152 e. The van der Waals surface area contributed by atoms with E-state index in [1.165, 1.54) is 38.7 Å². The molecule has 0 N–H and O–H groups in total. The van der Waals surface area contributed by atoms with Crippen LogP contribution in [0.25, 0.3) is 17.3 Å². The minimum atomic E-state index is -0.00817. The first-order chi connectivity index (χ1) is 11.6. The van der Waals surface area contributed by atoms with Crippen molar-refractivity contribution >= 4 is 23.5 Å². The number of nitrogens with zero attached hydrogens (tertiary/aromatic N) is 3. The van der Waals surface area contributed by atoms with Gasteiger partial charge in [-0.05, 0) is 37.6 Å². The van der Waals surface area contributed by atoms with Crippen molar-refractivity contribution in [3.63, 3.8) is 0 Å². The first-order valence-corrected chi connectivity index (χ1v) is 8.87. The number of carbonyl (C=O) groups is 1. The van der Waals surface area contributed by atoms with Crippen molar-refractivity contribution < 1.29 is 4.79 Å². The normalized spacial score (nSPS) is 11.3. The summed E-state index contributed by atoms with van der Waals surface area (Å²) in [6.45, 7) is 4.56. The van der Waals surface area contributed by atoms with Crippen LogP contribution in [-0.4, -0.2) is 20.8 Å². The summed E-state index contributed by atoms with van der Waals surface area (Å²) >= 11 is 5.99. The van der Waals surface area contributed by atoms with Crippen LogP contribution >= 0.6 is 11.6 Å². The molecule has 0 aliphatic carbocycles. The van der Waals surface area contributed by atoms with E-state index in [0.29, 0.717) is 10.7 Å². The lowest BCUT2D eigenvalue weighted by molar-refractivity contribution is -0.112. The number of aromatic nitrogens is 3. The molecule has 0 spiro atoms. The molecule has 0 unspecified atom stereocenters. The number of halogens is 1. The zero-order valence-corrected chi connectivity index (χ0v) is 15.1. The van der Waals surface area contributed by atoms with E-state index in [1.807, 2.05) is 28.9 Å². The van der Waals surface area contributed by atoms with Crippen molar-refractivity contribution in [3.8, 4) is 11.3 Å². The molecule has 5 heteroatoms. The number of carbonyl (C=O) groups excluding carboxylic acids is 1. The molecule has 1 aromatic heterocycles. The quantitative estimate of drug-likeness (QED) is 0.465. The second-order valence-corrected chi connectivity index (χ2v) is 6.35. The minimum absolute atomic E-state index is 0.00817. The Hall–Kier alpha value is -1.94. The van der Waals surface area contributed by atoms with E-state index in [9.17, 15) is 4.79 Å². The van der Waals surface area contributed by atoms with Gasteiger partial charge in [0.25, 0.3) is 0 Å². The average Bonchev–Trinajstić information content (AvgIpc) is 2.96. The summed E-state index contributed by atoms with van der Waals surface area (Å²) in [5.41, 5.74) is 2.64. The SMILES string of the molecule is CCCCCCCn1nnc(/C=C/C(C)=O)c1-c1ccc(Cl)cc1. The molecule has 2 aromatic rings. The van der Waals surface area contributed by atoms with Crippen LogP contribution in [-0.2, 0) is 11.3 Å². The molecule has 0 amide bonds. The fraction of sp³-hybridized carbons (Fsp3) is 0.421. The van der Waals surface area contributed by atoms with E-state index in [-0.39, 0.29) is 5.78 Å². The fourth-order valence-electron chi connectivity index (χ4n) is 2.56. The number of aryl methyl sites for hydroxylation is 1. The largest absolute Gasteiger partial charge is 0.295 e. The Kier molecular flexibility index (Phi) is 7.19. The number of allylic oxidation sites excluding steroid dienone is 1. The molecule has 0 bridgehead atoms. The topological polar surface area (TPSA) is 47.8 Å². The summed E-state index contributed by atoms with van der Waals surface area (Å²) in [6.07, 6.45) is 9.26. The van der Waals surface area contributed by atoms with Gasteiger partial charge < -0.3 is 0 Å². The van der Waals surface area contributed by atoms with Gasteiger partial charge in [-0.3, -0.25) is 4.79 Å². The number of hydrogen-bond donors (Lipinski definition) is 0. The zero-order valence-electron chi connectivity index (χ0n) is 14.3. The Labute approximate surface area is 148 Å². The average molecular weight is 346 g/mol. The maximum absolute atomic E-state index is 11.2. The Bertz CT molecular complexity index is 689. The van der Waals surface area contributed by atoms with Crippen LogP contribution in [0.4, 0.5) is 0 Å². The van der Waals surface area contributed by atoms with Crippen molar-refractivity contribution in [1.29, 1.82) is 0 Å². The molecule has 4 nitrogen and oxygen atoms in total. The second-order valence-electron chi connectivity index (χ2n) is 5.91. The standard InChI is InChI=1S/C19H24ClN3O/c1-3-4-5-6-7-14-23-19(16-9-11-17(20)12-10-16)18(21-22-23)13-8-15(2)24/h8-13H,3-7,14H2,1-2H3/b13-8+. The molecule has 2 rings (SSSR count). The number of hydrogen-bond acceptors (Lipinski definition) is 3. The molecule has 0 atom stereocenters. The highest BCUT2D eigenvalue weighted by Crippen LogP contribution is 2.25. The van der Waals surface area contributed by atoms with Crippen LogP contribution in [0.15, 0.2) is 30.3 Å². The summed E-state index contributed by atoms with van der Waals surface area (Å²) in [5, 5.41) is 9.22. The minimum Gasteiger partial charge on any atom is -0.295 e. The Morgan fingerprint density at radius 2 is 1.88 bits per heavy atom. The number of benzene rings is 1. The molecule has 24 heavy (non-hydrogen) atoms. The Morgan fingerprint density at radius 1 is 1.17 bits per heavy atom. The third-order valence-electron chi connectivity index (χ3n) is 3.83. The van der Waals surface area contributed by atoms with Crippen molar-refractivity contribution in [2.45, 2.75) is 52.5 Å². The van der Waals surface area contributed by atoms with E-state index in [4.69, 9.17) is 11.6 Å². The van der Waals surface area contributed by atoms with Crippen molar-refractivity contribution in [1.82, 2.24) is 15.0 Å². The molecular weight excluding hydrogens is 322 g/mol. The van der Waals surface area contributed by atoms with Gasteiger partial charge >= 0.3 is 0 Å². The number of unbranched alkanes of at least 4 members (excludes halogenated alkanes) is 4. The van der Waals surface area contributed by atoms with Gasteiger partial charge in [-0.2, -0.15) is 0 Å². The number of rotatable bonds is 9. The van der Waals surface area contributed by atoms with Crippen LogP contribution in [0.1, 0.15) is 51.6 Å². The number of ketones is 1. The highest BCUT2D eigenvalue weighted by Gasteiger charge is 2.13. The van der Waals surface area contributed by atoms with Gasteiger partial charge in [0.2, 0.25) is 0 Å². The molecule has 0 aliphatic heterocycles. The first-order valence-electron chi connectivity index (χ1n) is 8.50. The van der Waals surface area contributed by atoms with Gasteiger partial charge in [-0.1, -0.05) is 61.6 Å². The van der Waals surface area contributed by atoms with Crippen LogP contribution < -0.4 is 0 Å². The van der Waals surface area contributed by atoms with E-state index < -0.39 is 0 Å². The summed E-state index contributed by atoms with van der Waals surface area (Å²) in [5.74, 6) is -0.00817. The highest BCUT2D eigenvalue weighted by molar-refractivity contribution is 6.30. The van der Waals surface area contributed by atoms with Gasteiger partial charge in [0.1, 0.15) is 5.69 Å².